The van der Waals surface area contributed by atoms with Crippen LogP contribution in [-0.4, -0.2) is 39.8 Å². The van der Waals surface area contributed by atoms with Gasteiger partial charge in [0.15, 0.2) is 6.10 Å². The van der Waals surface area contributed by atoms with E-state index in [1.165, 1.54) is 17.2 Å². The molecule has 2 atom stereocenters. The van der Waals surface area contributed by atoms with Gasteiger partial charge in [-0.25, -0.2) is 9.18 Å². The summed E-state index contributed by atoms with van der Waals surface area (Å²) < 4.78 is 32.6. The molecular weight excluding hydrogens is 393 g/mol. The molecule has 9 nitrogen and oxygen atoms in total. The van der Waals surface area contributed by atoms with Crippen LogP contribution in [0.3, 0.4) is 0 Å². The van der Waals surface area contributed by atoms with Gasteiger partial charge in [0.05, 0.1) is 29.7 Å². The largest absolute Gasteiger partial charge is 0.471 e. The van der Waals surface area contributed by atoms with Gasteiger partial charge in [-0.1, -0.05) is 0 Å². The second-order valence-electron chi connectivity index (χ2n) is 7.78. The fourth-order valence-corrected chi connectivity index (χ4v) is 4.57. The summed E-state index contributed by atoms with van der Waals surface area (Å²) in [5, 5.41) is 8.13. The number of amides is 1. The molecule has 3 aliphatic rings. The molecule has 1 amide bonds. The van der Waals surface area contributed by atoms with Crippen molar-refractivity contribution in [3.8, 4) is 5.88 Å². The molecule has 0 aliphatic carbocycles. The Morgan fingerprint density at radius 1 is 1.27 bits per heavy atom. The maximum Gasteiger partial charge on any atom is 0.415 e. The standard InChI is InChI=1S/C20H18FN5O4/c1-24-7-12-8-25(9-14(12)22-24)16-4-11-5-17-18(10-28-19-2-3-29-23-19)30-20(27)26(17)15(11)6-13(16)21/h2-4,6-7,17-18H,5,8-10H2,1H3/t17-,18-/m0/s1. The summed E-state index contributed by atoms with van der Waals surface area (Å²) in [6, 6.07) is 4.62. The number of nitrogens with zero attached hydrogens (tertiary/aromatic N) is 5. The third-order valence-electron chi connectivity index (χ3n) is 5.89. The van der Waals surface area contributed by atoms with E-state index in [1.807, 2.05) is 24.2 Å². The Hall–Kier alpha value is -3.56. The summed E-state index contributed by atoms with van der Waals surface area (Å²) in [7, 11) is 1.88. The molecule has 1 aromatic carbocycles. The van der Waals surface area contributed by atoms with Gasteiger partial charge in [0.25, 0.3) is 5.88 Å². The van der Waals surface area contributed by atoms with Crippen LogP contribution < -0.4 is 14.5 Å². The molecule has 0 unspecified atom stereocenters. The van der Waals surface area contributed by atoms with Crippen LogP contribution >= 0.6 is 0 Å². The van der Waals surface area contributed by atoms with Gasteiger partial charge in [0, 0.05) is 37.5 Å². The summed E-state index contributed by atoms with van der Waals surface area (Å²) >= 11 is 0. The van der Waals surface area contributed by atoms with Crippen LogP contribution in [0.5, 0.6) is 5.88 Å². The lowest BCUT2D eigenvalue weighted by Crippen LogP contribution is -2.36. The third-order valence-corrected chi connectivity index (χ3v) is 5.89. The molecule has 10 heteroatoms. The van der Waals surface area contributed by atoms with E-state index >= 15 is 4.39 Å². The van der Waals surface area contributed by atoms with E-state index in [0.717, 1.165) is 16.8 Å². The molecule has 3 aromatic rings. The molecule has 0 radical (unpaired) electrons. The summed E-state index contributed by atoms with van der Waals surface area (Å²) in [5.41, 5.74) is 4.08. The lowest BCUT2D eigenvalue weighted by molar-refractivity contribution is 0.0886. The van der Waals surface area contributed by atoms with Crippen LogP contribution in [0.15, 0.2) is 35.2 Å². The lowest BCUT2D eigenvalue weighted by Gasteiger charge is -2.20. The Labute approximate surface area is 170 Å². The number of aryl methyl sites for hydroxylation is 1. The first-order valence-corrected chi connectivity index (χ1v) is 9.68. The zero-order valence-electron chi connectivity index (χ0n) is 16.1. The highest BCUT2D eigenvalue weighted by Gasteiger charge is 2.48. The summed E-state index contributed by atoms with van der Waals surface area (Å²) in [6.45, 7) is 1.33. The minimum absolute atomic E-state index is 0.149. The quantitative estimate of drug-likeness (QED) is 0.652. The predicted molar refractivity (Wildman–Crippen MR) is 102 cm³/mol. The minimum atomic E-state index is -0.488. The maximum absolute atomic E-state index is 15.0. The van der Waals surface area contributed by atoms with Gasteiger partial charge in [-0.2, -0.15) is 5.10 Å². The molecule has 0 spiro atoms. The Morgan fingerprint density at radius 2 is 2.17 bits per heavy atom. The van der Waals surface area contributed by atoms with Crippen molar-refractivity contribution < 1.29 is 23.2 Å². The van der Waals surface area contributed by atoms with Crippen molar-refractivity contribution in [2.75, 3.05) is 16.4 Å². The number of cyclic esters (lactones) is 1. The molecule has 1 fully saturated rings. The number of hydrogen-bond acceptors (Lipinski definition) is 7. The predicted octanol–water partition coefficient (Wildman–Crippen LogP) is 2.40. The fraction of sp³-hybridized carbons (Fsp3) is 0.350. The van der Waals surface area contributed by atoms with E-state index in [1.54, 1.807) is 10.7 Å². The Balaban J connectivity index is 1.24. The number of aromatic nitrogens is 3. The van der Waals surface area contributed by atoms with Gasteiger partial charge in [0.2, 0.25) is 0 Å². The third kappa shape index (κ3) is 2.56. The van der Waals surface area contributed by atoms with Crippen molar-refractivity contribution in [3.05, 3.63) is 53.3 Å². The first-order chi connectivity index (χ1) is 14.6. The first kappa shape index (κ1) is 17.3. The topological polar surface area (TPSA) is 85.9 Å². The number of hydrogen-bond donors (Lipinski definition) is 0. The van der Waals surface area contributed by atoms with E-state index in [2.05, 4.69) is 10.3 Å². The van der Waals surface area contributed by atoms with E-state index in [0.29, 0.717) is 36.8 Å². The molecule has 154 valence electrons. The van der Waals surface area contributed by atoms with Gasteiger partial charge < -0.3 is 18.9 Å². The van der Waals surface area contributed by atoms with E-state index in [4.69, 9.17) is 14.0 Å². The maximum atomic E-state index is 15.0. The van der Waals surface area contributed by atoms with Gasteiger partial charge in [-0.3, -0.25) is 9.58 Å². The van der Waals surface area contributed by atoms with E-state index in [9.17, 15) is 4.79 Å². The number of carbonyl (C=O) groups excluding carboxylic acids is 1. The van der Waals surface area contributed by atoms with E-state index < -0.39 is 12.2 Å². The highest BCUT2D eigenvalue weighted by molar-refractivity contribution is 5.94. The van der Waals surface area contributed by atoms with Crippen molar-refractivity contribution in [1.29, 1.82) is 0 Å². The monoisotopic (exact) mass is 411 g/mol. The molecular formula is C20H18FN5O4. The van der Waals surface area contributed by atoms with Gasteiger partial charge in [-0.15, -0.1) is 0 Å². The summed E-state index contributed by atoms with van der Waals surface area (Å²) in [6.07, 6.45) is 2.98. The average Bonchev–Trinajstić information content (AvgIpc) is 3.48. The number of fused-ring (bicyclic) bond motifs is 4. The van der Waals surface area contributed by atoms with Crippen molar-refractivity contribution in [2.45, 2.75) is 31.7 Å². The van der Waals surface area contributed by atoms with Crippen LogP contribution in [0, 0.1) is 5.82 Å². The Bertz CT molecular complexity index is 1120. The molecule has 30 heavy (non-hydrogen) atoms. The fourth-order valence-electron chi connectivity index (χ4n) is 4.57. The molecule has 2 aromatic heterocycles. The highest BCUT2D eigenvalue weighted by Crippen LogP contribution is 2.42. The van der Waals surface area contributed by atoms with Crippen molar-refractivity contribution in [3.63, 3.8) is 0 Å². The minimum Gasteiger partial charge on any atom is -0.471 e. The number of benzene rings is 1. The normalized spacial score (nSPS) is 21.6. The van der Waals surface area contributed by atoms with Crippen LogP contribution in [0.4, 0.5) is 20.6 Å². The molecule has 5 heterocycles. The van der Waals surface area contributed by atoms with Gasteiger partial charge in [-0.05, 0) is 23.2 Å². The van der Waals surface area contributed by atoms with Crippen molar-refractivity contribution in [2.24, 2.45) is 7.05 Å². The van der Waals surface area contributed by atoms with Crippen LogP contribution in [0.2, 0.25) is 0 Å². The summed E-state index contributed by atoms with van der Waals surface area (Å²) in [4.78, 5) is 16.0. The Kier molecular flexibility index (Phi) is 3.59. The number of halogens is 1. The first-order valence-electron chi connectivity index (χ1n) is 9.68. The van der Waals surface area contributed by atoms with Crippen molar-refractivity contribution >= 4 is 17.5 Å². The molecule has 0 saturated carbocycles. The zero-order chi connectivity index (χ0) is 20.4. The van der Waals surface area contributed by atoms with Gasteiger partial charge >= 0.3 is 6.09 Å². The van der Waals surface area contributed by atoms with Crippen LogP contribution in [0.25, 0.3) is 0 Å². The molecule has 6 rings (SSSR count). The number of ether oxygens (including phenoxy) is 2. The van der Waals surface area contributed by atoms with E-state index in [-0.39, 0.29) is 18.5 Å². The number of carbonyl (C=O) groups is 1. The number of anilines is 2. The second-order valence-corrected chi connectivity index (χ2v) is 7.78. The molecule has 1 saturated heterocycles. The SMILES string of the molecule is Cn1cc2c(n1)CN(c1cc3c(cc1F)N1C(=O)O[C@@H](COc4ccon4)[C@@H]1C3)C2. The second kappa shape index (κ2) is 6.22. The van der Waals surface area contributed by atoms with Gasteiger partial charge in [0.1, 0.15) is 18.7 Å². The Morgan fingerprint density at radius 3 is 2.97 bits per heavy atom. The average molecular weight is 411 g/mol. The zero-order valence-corrected chi connectivity index (χ0v) is 16.1. The summed E-state index contributed by atoms with van der Waals surface area (Å²) in [5.74, 6) is -0.0326. The van der Waals surface area contributed by atoms with Crippen LogP contribution in [0.1, 0.15) is 16.8 Å². The smallest absolute Gasteiger partial charge is 0.415 e. The lowest BCUT2D eigenvalue weighted by atomic mass is 10.1. The van der Waals surface area contributed by atoms with Crippen molar-refractivity contribution in [1.82, 2.24) is 14.9 Å². The molecule has 0 N–H and O–H groups in total. The number of rotatable bonds is 4. The van der Waals surface area contributed by atoms with Crippen LogP contribution in [-0.2, 0) is 31.3 Å². The highest BCUT2D eigenvalue weighted by atomic mass is 19.1. The molecule has 0 bridgehead atoms. The molecule has 3 aliphatic heterocycles.